The quantitative estimate of drug-likeness (QED) is 0.421. The van der Waals surface area contributed by atoms with Gasteiger partial charge in [0.15, 0.2) is 5.13 Å². The molecule has 1 aliphatic heterocycles. The van der Waals surface area contributed by atoms with E-state index >= 15 is 0 Å². The van der Waals surface area contributed by atoms with E-state index in [0.29, 0.717) is 36.3 Å². The van der Waals surface area contributed by atoms with Crippen molar-refractivity contribution in [2.24, 2.45) is 0 Å². The zero-order chi connectivity index (χ0) is 23.7. The second kappa shape index (κ2) is 9.28. The smallest absolute Gasteiger partial charge is 0.263 e. The summed E-state index contributed by atoms with van der Waals surface area (Å²) >= 11 is 7.35. The first kappa shape index (κ1) is 22.7. The molecule has 5 rings (SSSR count). The lowest BCUT2D eigenvalue weighted by Gasteiger charge is -2.36. The molecule has 3 heterocycles. The van der Waals surface area contributed by atoms with Gasteiger partial charge >= 0.3 is 0 Å². The summed E-state index contributed by atoms with van der Waals surface area (Å²) in [7, 11) is -3.72. The molecule has 1 amide bonds. The molecule has 0 atom stereocenters. The van der Waals surface area contributed by atoms with Crippen LogP contribution < -0.4 is 9.62 Å². The average molecular weight is 516 g/mol. The Balaban J connectivity index is 1.23. The van der Waals surface area contributed by atoms with E-state index in [2.05, 4.69) is 14.6 Å². The van der Waals surface area contributed by atoms with Crippen LogP contribution in [0.1, 0.15) is 0 Å². The van der Waals surface area contributed by atoms with Crippen LogP contribution in [-0.2, 0) is 21.4 Å². The van der Waals surface area contributed by atoms with Gasteiger partial charge in [0.05, 0.1) is 4.90 Å². The fourth-order valence-electron chi connectivity index (χ4n) is 4.05. The Hall–Kier alpha value is -3.08. The van der Waals surface area contributed by atoms with E-state index in [4.69, 9.17) is 11.6 Å². The van der Waals surface area contributed by atoms with Gasteiger partial charge < -0.3 is 14.4 Å². The van der Waals surface area contributed by atoms with Gasteiger partial charge in [-0.2, -0.15) is 0 Å². The molecule has 0 radical (unpaired) electrons. The third-order valence-electron chi connectivity index (χ3n) is 5.82. The Morgan fingerprint density at radius 1 is 1.09 bits per heavy atom. The number of aromatic nitrogens is 2. The molecule has 0 spiro atoms. The predicted molar refractivity (Wildman–Crippen MR) is 135 cm³/mol. The lowest BCUT2D eigenvalue weighted by atomic mass is 10.2. The van der Waals surface area contributed by atoms with E-state index in [0.717, 1.165) is 16.6 Å². The van der Waals surface area contributed by atoms with E-state index in [-0.39, 0.29) is 17.3 Å². The highest BCUT2D eigenvalue weighted by Gasteiger charge is 2.23. The van der Waals surface area contributed by atoms with E-state index in [1.165, 1.54) is 11.3 Å². The van der Waals surface area contributed by atoms with Crippen molar-refractivity contribution < 1.29 is 13.2 Å². The van der Waals surface area contributed by atoms with Crippen LogP contribution in [0.2, 0.25) is 5.02 Å². The Morgan fingerprint density at radius 3 is 2.68 bits per heavy atom. The van der Waals surface area contributed by atoms with Crippen molar-refractivity contribution in [3.8, 4) is 0 Å². The zero-order valence-electron chi connectivity index (χ0n) is 18.1. The van der Waals surface area contributed by atoms with Crippen molar-refractivity contribution in [3.63, 3.8) is 0 Å². The van der Waals surface area contributed by atoms with Crippen LogP contribution in [0.5, 0.6) is 0 Å². The molecule has 0 aliphatic carbocycles. The molecule has 0 saturated carbocycles. The number of benzene rings is 2. The number of carbonyl (C=O) groups excluding carboxylic acids is 1. The van der Waals surface area contributed by atoms with Gasteiger partial charge in [-0.3, -0.25) is 9.52 Å². The van der Waals surface area contributed by atoms with Gasteiger partial charge in [-0.25, -0.2) is 13.4 Å². The molecule has 2 aromatic heterocycles. The molecule has 1 fully saturated rings. The second-order valence-electron chi connectivity index (χ2n) is 7.95. The van der Waals surface area contributed by atoms with Gasteiger partial charge in [0.25, 0.3) is 10.0 Å². The summed E-state index contributed by atoms with van der Waals surface area (Å²) in [6.07, 6.45) is 3.45. The highest BCUT2D eigenvalue weighted by molar-refractivity contribution is 7.93. The number of piperazine rings is 1. The number of carbonyl (C=O) groups is 1. The van der Waals surface area contributed by atoms with Crippen LogP contribution >= 0.6 is 22.9 Å². The molecular weight excluding hydrogens is 494 g/mol. The topological polar surface area (TPSA) is 87.5 Å². The summed E-state index contributed by atoms with van der Waals surface area (Å²) in [5, 5.41) is 3.72. The SMILES string of the molecule is O=C(Cn1ccc2ccc(Cl)cc21)N1CCN(c2cccc(S(=O)(=O)Nc3nccs3)c2)CC1. The number of hydrogen-bond acceptors (Lipinski definition) is 6. The number of hydrogen-bond donors (Lipinski definition) is 1. The Bertz CT molecular complexity index is 1430. The lowest BCUT2D eigenvalue weighted by Crippen LogP contribution is -2.49. The van der Waals surface area contributed by atoms with Crippen LogP contribution in [-0.4, -0.2) is 55.0 Å². The van der Waals surface area contributed by atoms with Crippen LogP contribution in [0.3, 0.4) is 0 Å². The van der Waals surface area contributed by atoms with E-state index < -0.39 is 10.0 Å². The van der Waals surface area contributed by atoms with Gasteiger partial charge in [0, 0.05) is 60.2 Å². The number of nitrogens with zero attached hydrogens (tertiary/aromatic N) is 4. The molecule has 1 saturated heterocycles. The largest absolute Gasteiger partial charge is 0.368 e. The number of rotatable bonds is 6. The van der Waals surface area contributed by atoms with Gasteiger partial charge in [0.1, 0.15) is 6.54 Å². The highest BCUT2D eigenvalue weighted by atomic mass is 35.5. The van der Waals surface area contributed by atoms with Gasteiger partial charge in [-0.1, -0.05) is 23.7 Å². The summed E-state index contributed by atoms with van der Waals surface area (Å²) < 4.78 is 29.8. The second-order valence-corrected chi connectivity index (χ2v) is 11.0. The molecular formula is C23H22ClN5O3S2. The van der Waals surface area contributed by atoms with Crippen LogP contribution in [0, 0.1) is 0 Å². The van der Waals surface area contributed by atoms with E-state index in [9.17, 15) is 13.2 Å². The molecule has 8 nitrogen and oxygen atoms in total. The minimum atomic E-state index is -3.72. The number of nitrogens with one attached hydrogen (secondary N) is 1. The molecule has 1 aliphatic rings. The molecule has 176 valence electrons. The van der Waals surface area contributed by atoms with Crippen molar-refractivity contribution in [1.82, 2.24) is 14.5 Å². The first-order valence-electron chi connectivity index (χ1n) is 10.7. The Labute approximate surface area is 206 Å². The number of fused-ring (bicyclic) bond motifs is 1. The van der Waals surface area contributed by atoms with Crippen molar-refractivity contribution in [3.05, 3.63) is 71.3 Å². The number of halogens is 1. The van der Waals surface area contributed by atoms with E-state index in [1.807, 2.05) is 46.0 Å². The molecule has 34 heavy (non-hydrogen) atoms. The van der Waals surface area contributed by atoms with Crippen molar-refractivity contribution in [1.29, 1.82) is 0 Å². The maximum atomic E-state index is 12.9. The molecule has 4 aromatic rings. The third kappa shape index (κ3) is 4.75. The number of amides is 1. The van der Waals surface area contributed by atoms with Crippen LogP contribution in [0.15, 0.2) is 71.2 Å². The summed E-state index contributed by atoms with van der Waals surface area (Å²) in [6.45, 7) is 2.61. The molecule has 2 aromatic carbocycles. The van der Waals surface area contributed by atoms with Crippen LogP contribution in [0.4, 0.5) is 10.8 Å². The van der Waals surface area contributed by atoms with E-state index in [1.54, 1.807) is 29.8 Å². The summed E-state index contributed by atoms with van der Waals surface area (Å²) in [5.74, 6) is 0.0427. The maximum Gasteiger partial charge on any atom is 0.263 e. The monoisotopic (exact) mass is 515 g/mol. The molecule has 11 heteroatoms. The highest BCUT2D eigenvalue weighted by Crippen LogP contribution is 2.24. The van der Waals surface area contributed by atoms with Crippen molar-refractivity contribution in [2.75, 3.05) is 35.8 Å². The minimum Gasteiger partial charge on any atom is -0.368 e. The zero-order valence-corrected chi connectivity index (χ0v) is 20.5. The van der Waals surface area contributed by atoms with Crippen molar-refractivity contribution >= 4 is 60.6 Å². The minimum absolute atomic E-state index is 0.0427. The van der Waals surface area contributed by atoms with Crippen molar-refractivity contribution in [2.45, 2.75) is 11.4 Å². The third-order valence-corrected chi connectivity index (χ3v) is 8.21. The predicted octanol–water partition coefficient (Wildman–Crippen LogP) is 3.90. The summed E-state index contributed by atoms with van der Waals surface area (Å²) in [5.41, 5.74) is 1.74. The number of thiazole rings is 1. The number of anilines is 2. The average Bonchev–Trinajstić information content (AvgIpc) is 3.49. The molecule has 0 unspecified atom stereocenters. The standard InChI is InChI=1S/C23H22ClN5O3S2/c24-18-5-4-17-6-8-29(21(17)14-18)16-22(30)28-11-9-27(10-12-28)19-2-1-3-20(15-19)34(31,32)26-23-25-7-13-33-23/h1-8,13-15H,9-12,16H2,(H,25,26). The normalized spacial score (nSPS) is 14.5. The van der Waals surface area contributed by atoms with Gasteiger partial charge in [-0.15, -0.1) is 11.3 Å². The maximum absolute atomic E-state index is 12.9. The first-order valence-corrected chi connectivity index (χ1v) is 13.4. The summed E-state index contributed by atoms with van der Waals surface area (Å²) in [6, 6.07) is 14.5. The summed E-state index contributed by atoms with van der Waals surface area (Å²) in [4.78, 5) is 21.0. The Kier molecular flexibility index (Phi) is 6.20. The Morgan fingerprint density at radius 2 is 1.91 bits per heavy atom. The number of sulfonamides is 1. The molecule has 1 N–H and O–H groups in total. The van der Waals surface area contributed by atoms with Gasteiger partial charge in [-0.05, 0) is 41.8 Å². The molecule has 0 bridgehead atoms. The van der Waals surface area contributed by atoms with Gasteiger partial charge in [0.2, 0.25) is 5.91 Å². The van der Waals surface area contributed by atoms with Crippen LogP contribution in [0.25, 0.3) is 10.9 Å². The fraction of sp³-hybridized carbons (Fsp3) is 0.217. The lowest BCUT2D eigenvalue weighted by molar-refractivity contribution is -0.132. The fourth-order valence-corrected chi connectivity index (χ4v) is 6.04. The first-order chi connectivity index (χ1) is 16.4.